The first-order valence-corrected chi connectivity index (χ1v) is 6.99. The van der Waals surface area contributed by atoms with Crippen LogP contribution in [0.4, 0.5) is 0 Å². The van der Waals surface area contributed by atoms with Crippen LogP contribution < -0.4 is 0 Å². The largest absolute Gasteiger partial charge is 0.381 e. The molecule has 1 atom stereocenters. The first-order valence-electron chi connectivity index (χ1n) is 4.61. The van der Waals surface area contributed by atoms with E-state index in [-0.39, 0.29) is 0 Å². The highest BCUT2D eigenvalue weighted by Crippen LogP contribution is 2.36. The first kappa shape index (κ1) is 10.9. The van der Waals surface area contributed by atoms with Crippen molar-refractivity contribution >= 4 is 38.9 Å². The van der Waals surface area contributed by atoms with Crippen LogP contribution in [0, 0.1) is 5.41 Å². The molecule has 0 aromatic carbocycles. The zero-order chi connectivity index (χ0) is 10.0. The van der Waals surface area contributed by atoms with Crippen LogP contribution in [-0.4, -0.2) is 18.5 Å². The second-order valence-corrected chi connectivity index (χ2v) is 5.98. The summed E-state index contributed by atoms with van der Waals surface area (Å²) in [5, 5.41) is 3.15. The van der Waals surface area contributed by atoms with E-state index in [1.54, 1.807) is 11.3 Å². The molecule has 0 saturated carbocycles. The number of hydrogen-bond donors (Lipinski definition) is 0. The highest BCUT2D eigenvalue weighted by molar-refractivity contribution is 9.09. The van der Waals surface area contributed by atoms with Gasteiger partial charge < -0.3 is 4.74 Å². The lowest BCUT2D eigenvalue weighted by molar-refractivity contribution is 0.162. The molecule has 1 saturated heterocycles. The quantitative estimate of drug-likeness (QED) is 0.772. The fourth-order valence-electron chi connectivity index (χ4n) is 1.81. The second-order valence-electron chi connectivity index (χ2n) is 3.87. The smallest absolute Gasteiger partial charge is 0.0931 e. The van der Waals surface area contributed by atoms with Crippen LogP contribution in [0.2, 0.25) is 4.34 Å². The molecule has 1 aliphatic rings. The van der Waals surface area contributed by atoms with E-state index in [4.69, 9.17) is 16.3 Å². The van der Waals surface area contributed by atoms with Crippen molar-refractivity contribution in [1.82, 2.24) is 0 Å². The van der Waals surface area contributed by atoms with Crippen molar-refractivity contribution in [2.75, 3.05) is 18.5 Å². The Morgan fingerprint density at radius 1 is 1.64 bits per heavy atom. The zero-order valence-corrected chi connectivity index (χ0v) is 10.9. The van der Waals surface area contributed by atoms with E-state index < -0.39 is 0 Å². The minimum absolute atomic E-state index is 0.296. The van der Waals surface area contributed by atoms with E-state index in [1.165, 1.54) is 5.56 Å². The van der Waals surface area contributed by atoms with E-state index in [0.717, 1.165) is 35.7 Å². The van der Waals surface area contributed by atoms with Crippen molar-refractivity contribution in [3.05, 3.63) is 21.3 Å². The molecule has 1 aliphatic heterocycles. The summed E-state index contributed by atoms with van der Waals surface area (Å²) >= 11 is 11.1. The van der Waals surface area contributed by atoms with E-state index in [2.05, 4.69) is 27.4 Å². The van der Waals surface area contributed by atoms with Crippen LogP contribution in [0.15, 0.2) is 11.4 Å². The van der Waals surface area contributed by atoms with Gasteiger partial charge in [0.15, 0.2) is 0 Å². The molecule has 0 bridgehead atoms. The van der Waals surface area contributed by atoms with Crippen molar-refractivity contribution in [2.24, 2.45) is 5.41 Å². The summed E-state index contributed by atoms with van der Waals surface area (Å²) in [5.41, 5.74) is 1.63. The summed E-state index contributed by atoms with van der Waals surface area (Å²) in [4.78, 5) is 0. The van der Waals surface area contributed by atoms with Gasteiger partial charge in [0.05, 0.1) is 10.9 Å². The maximum absolute atomic E-state index is 5.91. The van der Waals surface area contributed by atoms with Gasteiger partial charge in [-0.25, -0.2) is 0 Å². The maximum atomic E-state index is 5.91. The van der Waals surface area contributed by atoms with Crippen molar-refractivity contribution in [2.45, 2.75) is 12.8 Å². The Balaban J connectivity index is 2.08. The number of alkyl halides is 1. The minimum Gasteiger partial charge on any atom is -0.381 e. The first-order chi connectivity index (χ1) is 6.74. The molecule has 2 heterocycles. The van der Waals surface area contributed by atoms with Crippen molar-refractivity contribution in [1.29, 1.82) is 0 Å². The van der Waals surface area contributed by atoms with Gasteiger partial charge in [0, 0.05) is 17.4 Å². The summed E-state index contributed by atoms with van der Waals surface area (Å²) < 4.78 is 6.35. The summed E-state index contributed by atoms with van der Waals surface area (Å²) in [6, 6.07) is 2.06. The molecule has 1 unspecified atom stereocenters. The summed E-state index contributed by atoms with van der Waals surface area (Å²) in [6.07, 6.45) is 2.22. The monoisotopic (exact) mass is 294 g/mol. The lowest BCUT2D eigenvalue weighted by Crippen LogP contribution is -2.25. The predicted octanol–water partition coefficient (Wildman–Crippen LogP) is 3.75. The summed E-state index contributed by atoms with van der Waals surface area (Å²) in [7, 11) is 0. The molecule has 1 aromatic rings. The highest BCUT2D eigenvalue weighted by atomic mass is 79.9. The van der Waals surface area contributed by atoms with E-state index in [9.17, 15) is 0 Å². The molecular weight excluding hydrogens is 284 g/mol. The van der Waals surface area contributed by atoms with Crippen LogP contribution in [0.5, 0.6) is 0 Å². The van der Waals surface area contributed by atoms with Crippen molar-refractivity contribution in [3.8, 4) is 0 Å². The van der Waals surface area contributed by atoms with Crippen LogP contribution in [0.1, 0.15) is 12.0 Å². The molecule has 4 heteroatoms. The number of halogens is 2. The normalized spacial score (nSPS) is 27.0. The van der Waals surface area contributed by atoms with Crippen molar-refractivity contribution < 1.29 is 4.74 Å². The third-order valence-corrected chi connectivity index (χ3v) is 5.00. The van der Waals surface area contributed by atoms with Crippen LogP contribution in [-0.2, 0) is 11.2 Å². The Kier molecular flexibility index (Phi) is 3.53. The zero-order valence-electron chi connectivity index (χ0n) is 7.76. The highest BCUT2D eigenvalue weighted by Gasteiger charge is 2.34. The molecule has 78 valence electrons. The topological polar surface area (TPSA) is 9.23 Å². The van der Waals surface area contributed by atoms with Crippen molar-refractivity contribution in [3.63, 3.8) is 0 Å². The van der Waals surface area contributed by atoms with Gasteiger partial charge in [0.1, 0.15) is 0 Å². The molecule has 0 amide bonds. The van der Waals surface area contributed by atoms with Gasteiger partial charge in [-0.2, -0.15) is 0 Å². The van der Waals surface area contributed by atoms with Crippen LogP contribution >= 0.6 is 38.9 Å². The third kappa shape index (κ3) is 2.32. The Morgan fingerprint density at radius 2 is 2.50 bits per heavy atom. The lowest BCUT2D eigenvalue weighted by Gasteiger charge is -2.23. The average Bonchev–Trinajstić information content (AvgIpc) is 2.77. The molecule has 14 heavy (non-hydrogen) atoms. The molecule has 1 nitrogen and oxygen atoms in total. The van der Waals surface area contributed by atoms with Gasteiger partial charge in [-0.3, -0.25) is 0 Å². The van der Waals surface area contributed by atoms with Crippen LogP contribution in [0.3, 0.4) is 0 Å². The third-order valence-electron chi connectivity index (χ3n) is 2.67. The van der Waals surface area contributed by atoms with E-state index >= 15 is 0 Å². The maximum Gasteiger partial charge on any atom is 0.0931 e. The Bertz CT molecular complexity index is 307. The van der Waals surface area contributed by atoms with E-state index in [0.29, 0.717) is 5.41 Å². The van der Waals surface area contributed by atoms with Gasteiger partial charge in [-0.15, -0.1) is 11.3 Å². The number of ether oxygens (including phenoxy) is 1. The lowest BCUT2D eigenvalue weighted by atomic mass is 9.84. The SMILES string of the molecule is Clc1cc(CC2(CBr)CCOC2)cs1. The average molecular weight is 296 g/mol. The van der Waals surface area contributed by atoms with Crippen LogP contribution in [0.25, 0.3) is 0 Å². The Hall–Kier alpha value is 0.430. The Morgan fingerprint density at radius 3 is 3.00 bits per heavy atom. The summed E-state index contributed by atoms with van der Waals surface area (Å²) in [5.74, 6) is 0. The summed E-state index contributed by atoms with van der Waals surface area (Å²) in [6.45, 7) is 1.76. The molecule has 0 spiro atoms. The molecule has 2 rings (SSSR count). The molecular formula is C10H12BrClOS. The number of rotatable bonds is 3. The molecule has 1 fully saturated rings. The fraction of sp³-hybridized carbons (Fsp3) is 0.600. The van der Waals surface area contributed by atoms with Gasteiger partial charge in [-0.05, 0) is 29.9 Å². The Labute approximate surface area is 102 Å². The van der Waals surface area contributed by atoms with E-state index in [1.807, 2.05) is 0 Å². The predicted molar refractivity (Wildman–Crippen MR) is 64.7 cm³/mol. The van der Waals surface area contributed by atoms with Gasteiger partial charge in [0.25, 0.3) is 0 Å². The molecule has 0 N–H and O–H groups in total. The van der Waals surface area contributed by atoms with Gasteiger partial charge in [-0.1, -0.05) is 27.5 Å². The number of hydrogen-bond acceptors (Lipinski definition) is 2. The molecule has 0 aliphatic carbocycles. The number of thiophene rings is 1. The molecule has 0 radical (unpaired) electrons. The standard InChI is InChI=1S/C10H12BrClOS/c11-6-10(1-2-13-7-10)4-8-3-9(12)14-5-8/h3,5H,1-2,4,6-7H2. The van der Waals surface area contributed by atoms with Gasteiger partial charge >= 0.3 is 0 Å². The minimum atomic E-state index is 0.296. The molecule has 1 aromatic heterocycles. The van der Waals surface area contributed by atoms with Gasteiger partial charge in [0.2, 0.25) is 0 Å². The second kappa shape index (κ2) is 4.52. The fourth-order valence-corrected chi connectivity index (χ4v) is 3.36.